The molecule has 1 aromatic carbocycles. The number of piperidine rings is 1. The molecule has 1 saturated heterocycles. The second-order valence-corrected chi connectivity index (χ2v) is 7.49. The molecule has 5 nitrogen and oxygen atoms in total. The fourth-order valence-corrected chi connectivity index (χ4v) is 3.56. The molecule has 2 aromatic rings. The molecule has 0 N–H and O–H groups in total. The number of nitrogens with zero attached hydrogens (tertiary/aromatic N) is 4. The highest BCUT2D eigenvalue weighted by molar-refractivity contribution is 6.33. The third-order valence-corrected chi connectivity index (χ3v) is 5.53. The van der Waals surface area contributed by atoms with Gasteiger partial charge in [0.1, 0.15) is 5.02 Å². The first-order valence-corrected chi connectivity index (χ1v) is 9.10. The number of halogens is 2. The summed E-state index contributed by atoms with van der Waals surface area (Å²) in [6, 6.07) is 5.85. The van der Waals surface area contributed by atoms with Crippen molar-refractivity contribution in [3.63, 3.8) is 0 Å². The van der Waals surface area contributed by atoms with Gasteiger partial charge in [0.15, 0.2) is 0 Å². The molecule has 134 valence electrons. The molecule has 0 bridgehead atoms. The van der Waals surface area contributed by atoms with Gasteiger partial charge in [0, 0.05) is 24.2 Å². The monoisotopic (exact) mass is 380 g/mol. The van der Waals surface area contributed by atoms with Gasteiger partial charge in [-0.15, -0.1) is 0 Å². The number of aromatic nitrogens is 2. The smallest absolute Gasteiger partial charge is 0.292 e. The van der Waals surface area contributed by atoms with Crippen LogP contribution in [0.25, 0.3) is 5.69 Å². The Balaban J connectivity index is 1.95. The summed E-state index contributed by atoms with van der Waals surface area (Å²) >= 11 is 12.6. The number of aryl methyl sites for hydroxylation is 1. The summed E-state index contributed by atoms with van der Waals surface area (Å²) in [5, 5.41) is 5.12. The van der Waals surface area contributed by atoms with Gasteiger partial charge in [-0.25, -0.2) is 0 Å². The van der Waals surface area contributed by atoms with Crippen LogP contribution in [0.1, 0.15) is 18.4 Å². The van der Waals surface area contributed by atoms with Gasteiger partial charge in [0.2, 0.25) is 0 Å². The highest BCUT2D eigenvalue weighted by Crippen LogP contribution is 2.26. The molecule has 0 radical (unpaired) electrons. The van der Waals surface area contributed by atoms with Crippen LogP contribution in [-0.2, 0) is 0 Å². The van der Waals surface area contributed by atoms with Crippen molar-refractivity contribution >= 4 is 28.9 Å². The first-order chi connectivity index (χ1) is 11.9. The molecular formula is C18H22Cl2N4O. The topological polar surface area (TPSA) is 41.4 Å². The van der Waals surface area contributed by atoms with E-state index in [0.29, 0.717) is 22.4 Å². The van der Waals surface area contributed by atoms with Gasteiger partial charge < -0.3 is 9.80 Å². The molecule has 1 unspecified atom stereocenters. The predicted molar refractivity (Wildman–Crippen MR) is 104 cm³/mol. The molecule has 2 heterocycles. The third-order valence-electron chi connectivity index (χ3n) is 4.77. The van der Waals surface area contributed by atoms with Gasteiger partial charge in [-0.05, 0) is 51.6 Å². The highest BCUT2D eigenvalue weighted by atomic mass is 35.5. The van der Waals surface area contributed by atoms with Crippen molar-refractivity contribution in [1.29, 1.82) is 0 Å². The lowest BCUT2D eigenvalue weighted by Crippen LogP contribution is -2.45. The Morgan fingerprint density at radius 2 is 2.04 bits per heavy atom. The molecule has 1 atom stereocenters. The summed E-state index contributed by atoms with van der Waals surface area (Å²) in [6.45, 7) is 3.63. The summed E-state index contributed by atoms with van der Waals surface area (Å²) in [5.74, 6) is 0. The second-order valence-electron chi connectivity index (χ2n) is 6.70. The lowest BCUT2D eigenvalue weighted by molar-refractivity contribution is 0.258. The van der Waals surface area contributed by atoms with Crippen LogP contribution in [0, 0.1) is 6.92 Å². The maximum Gasteiger partial charge on any atom is 0.292 e. The van der Waals surface area contributed by atoms with E-state index in [2.05, 4.69) is 29.0 Å². The molecule has 0 amide bonds. The molecule has 25 heavy (non-hydrogen) atoms. The van der Waals surface area contributed by atoms with Crippen molar-refractivity contribution < 1.29 is 0 Å². The Morgan fingerprint density at radius 1 is 1.28 bits per heavy atom. The van der Waals surface area contributed by atoms with Crippen LogP contribution in [-0.4, -0.2) is 47.9 Å². The minimum absolute atomic E-state index is 0.200. The fraction of sp³-hybridized carbons (Fsp3) is 0.444. The summed E-state index contributed by atoms with van der Waals surface area (Å²) in [7, 11) is 4.15. The van der Waals surface area contributed by atoms with Crippen LogP contribution >= 0.6 is 23.2 Å². The van der Waals surface area contributed by atoms with Crippen LogP contribution in [0.2, 0.25) is 10.0 Å². The van der Waals surface area contributed by atoms with Crippen LogP contribution in [0.3, 0.4) is 0 Å². The second kappa shape index (κ2) is 7.36. The van der Waals surface area contributed by atoms with E-state index in [0.717, 1.165) is 31.5 Å². The molecule has 0 saturated carbocycles. The zero-order valence-corrected chi connectivity index (χ0v) is 16.2. The van der Waals surface area contributed by atoms with E-state index in [1.807, 2.05) is 19.1 Å². The third kappa shape index (κ3) is 3.68. The zero-order chi connectivity index (χ0) is 18.1. The SMILES string of the molecule is Cc1ccc(-n2ncc(N3CCCC(N(C)C)C3)c(Cl)c2=O)cc1Cl. The zero-order valence-electron chi connectivity index (χ0n) is 14.7. The van der Waals surface area contributed by atoms with E-state index in [9.17, 15) is 4.79 Å². The van der Waals surface area contributed by atoms with Crippen LogP contribution in [0.5, 0.6) is 0 Å². The lowest BCUT2D eigenvalue weighted by Gasteiger charge is -2.37. The minimum Gasteiger partial charge on any atom is -0.367 e. The van der Waals surface area contributed by atoms with Crippen LogP contribution < -0.4 is 10.5 Å². The molecule has 0 spiro atoms. The Morgan fingerprint density at radius 3 is 2.72 bits per heavy atom. The number of hydrogen-bond acceptors (Lipinski definition) is 4. The molecule has 1 aromatic heterocycles. The summed E-state index contributed by atoms with van der Waals surface area (Å²) in [4.78, 5) is 17.1. The van der Waals surface area contributed by atoms with E-state index < -0.39 is 0 Å². The normalized spacial score (nSPS) is 18.0. The molecule has 1 fully saturated rings. The van der Waals surface area contributed by atoms with Crippen molar-refractivity contribution in [3.8, 4) is 5.69 Å². The first-order valence-electron chi connectivity index (χ1n) is 8.34. The van der Waals surface area contributed by atoms with Gasteiger partial charge >= 0.3 is 0 Å². The largest absolute Gasteiger partial charge is 0.367 e. The van der Waals surface area contributed by atoms with E-state index in [-0.39, 0.29) is 10.6 Å². The molecular weight excluding hydrogens is 359 g/mol. The van der Waals surface area contributed by atoms with E-state index >= 15 is 0 Å². The Kier molecular flexibility index (Phi) is 5.37. The molecule has 7 heteroatoms. The quantitative estimate of drug-likeness (QED) is 0.818. The highest BCUT2D eigenvalue weighted by Gasteiger charge is 2.24. The van der Waals surface area contributed by atoms with Crippen molar-refractivity contribution in [2.24, 2.45) is 0 Å². The Bertz CT molecular complexity index is 834. The van der Waals surface area contributed by atoms with Gasteiger partial charge in [0.05, 0.1) is 17.6 Å². The number of rotatable bonds is 3. The van der Waals surface area contributed by atoms with Gasteiger partial charge in [-0.1, -0.05) is 29.3 Å². The number of anilines is 1. The maximum atomic E-state index is 12.7. The molecule has 1 aliphatic rings. The van der Waals surface area contributed by atoms with Crippen LogP contribution in [0.4, 0.5) is 5.69 Å². The van der Waals surface area contributed by atoms with Gasteiger partial charge in [-0.3, -0.25) is 4.79 Å². The lowest BCUT2D eigenvalue weighted by atomic mass is 10.0. The predicted octanol–water partition coefficient (Wildman–Crippen LogP) is 3.38. The fourth-order valence-electron chi connectivity index (χ4n) is 3.14. The summed E-state index contributed by atoms with van der Waals surface area (Å²) in [6.07, 6.45) is 3.89. The first kappa shape index (κ1) is 18.2. The van der Waals surface area contributed by atoms with Crippen molar-refractivity contribution in [2.45, 2.75) is 25.8 Å². The Labute approximate surface area is 157 Å². The van der Waals surface area contributed by atoms with Gasteiger partial charge in [-0.2, -0.15) is 9.78 Å². The average molecular weight is 381 g/mol. The Hall–Kier alpha value is -1.56. The number of likely N-dealkylation sites (N-methyl/N-ethyl adjacent to an activating group) is 1. The maximum absolute atomic E-state index is 12.7. The average Bonchev–Trinajstić information content (AvgIpc) is 2.60. The van der Waals surface area contributed by atoms with E-state index in [1.165, 1.54) is 4.68 Å². The standard InChI is InChI=1S/C18H22Cl2N4O/c1-12-6-7-13(9-15(12)19)24-18(25)17(20)16(10-21-24)23-8-4-5-14(11-23)22(2)3/h6-7,9-10,14H,4-5,8,11H2,1-3H3. The summed E-state index contributed by atoms with van der Waals surface area (Å²) < 4.78 is 1.30. The molecule has 3 rings (SSSR count). The van der Waals surface area contributed by atoms with Gasteiger partial charge in [0.25, 0.3) is 5.56 Å². The van der Waals surface area contributed by atoms with E-state index in [1.54, 1.807) is 12.3 Å². The molecule has 1 aliphatic heterocycles. The van der Waals surface area contributed by atoms with Crippen molar-refractivity contribution in [3.05, 3.63) is 50.4 Å². The van der Waals surface area contributed by atoms with Crippen LogP contribution in [0.15, 0.2) is 29.2 Å². The van der Waals surface area contributed by atoms with E-state index in [4.69, 9.17) is 23.2 Å². The number of benzene rings is 1. The van der Waals surface area contributed by atoms with Crippen molar-refractivity contribution in [1.82, 2.24) is 14.7 Å². The molecule has 0 aliphatic carbocycles. The summed E-state index contributed by atoms with van der Waals surface area (Å²) in [5.41, 5.74) is 1.93. The van der Waals surface area contributed by atoms with Crippen molar-refractivity contribution in [2.75, 3.05) is 32.1 Å². The minimum atomic E-state index is -0.328. The number of hydrogen-bond donors (Lipinski definition) is 0.